The Balaban J connectivity index is 1.93. The highest BCUT2D eigenvalue weighted by Gasteiger charge is 2.26. The van der Waals surface area contributed by atoms with Crippen LogP contribution < -0.4 is 9.50 Å². The van der Waals surface area contributed by atoms with Gasteiger partial charge in [-0.15, -0.1) is 0 Å². The number of likely N-dealkylation sites (tertiary alicyclic amines) is 1. The molecule has 0 unspecified atom stereocenters. The fourth-order valence-electron chi connectivity index (χ4n) is 1.78. The van der Waals surface area contributed by atoms with E-state index in [0.717, 1.165) is 0 Å². The van der Waals surface area contributed by atoms with E-state index in [1.165, 1.54) is 24.3 Å². The Morgan fingerprint density at radius 3 is 2.42 bits per heavy atom. The molecule has 1 saturated heterocycles. The van der Waals surface area contributed by atoms with E-state index >= 15 is 0 Å². The number of hydrogen-bond acceptors (Lipinski definition) is 4. The van der Waals surface area contributed by atoms with Gasteiger partial charge in [-0.3, -0.25) is 0 Å². The standard InChI is InChI=1S/C11H13FN2O4S/c1-8-6-14(7-8)11(15)13-9-2-4-10(5-3-9)18-19(12,16)17/h2-5,8H,6-7H2,1H3,(H,13,15). The molecule has 19 heavy (non-hydrogen) atoms. The van der Waals surface area contributed by atoms with Crippen molar-refractivity contribution in [1.82, 2.24) is 4.90 Å². The van der Waals surface area contributed by atoms with Gasteiger partial charge < -0.3 is 14.4 Å². The number of carbonyl (C=O) groups excluding carboxylic acids is 1. The fraction of sp³-hybridized carbons (Fsp3) is 0.364. The molecule has 1 heterocycles. The number of urea groups is 1. The Kier molecular flexibility index (Phi) is 3.61. The number of hydrogen-bond donors (Lipinski definition) is 1. The number of benzene rings is 1. The summed E-state index contributed by atoms with van der Waals surface area (Å²) in [6.07, 6.45) is 0. The Hall–Kier alpha value is -1.83. The second kappa shape index (κ2) is 5.04. The van der Waals surface area contributed by atoms with Crippen molar-refractivity contribution in [3.63, 3.8) is 0 Å². The van der Waals surface area contributed by atoms with Crippen LogP contribution >= 0.6 is 0 Å². The second-order valence-corrected chi connectivity index (χ2v) is 5.39. The van der Waals surface area contributed by atoms with Crippen molar-refractivity contribution in [1.29, 1.82) is 0 Å². The van der Waals surface area contributed by atoms with E-state index in [1.54, 1.807) is 4.90 Å². The molecule has 1 aliphatic rings. The van der Waals surface area contributed by atoms with Crippen molar-refractivity contribution in [3.05, 3.63) is 24.3 Å². The maximum absolute atomic E-state index is 12.3. The average Bonchev–Trinajstić information content (AvgIpc) is 2.25. The van der Waals surface area contributed by atoms with Crippen LogP contribution in [-0.2, 0) is 10.5 Å². The summed E-state index contributed by atoms with van der Waals surface area (Å²) in [5.41, 5.74) is 0.480. The monoisotopic (exact) mass is 288 g/mol. The molecular formula is C11H13FN2O4S. The molecule has 0 saturated carbocycles. The van der Waals surface area contributed by atoms with E-state index in [2.05, 4.69) is 9.50 Å². The highest BCUT2D eigenvalue weighted by atomic mass is 32.3. The Morgan fingerprint density at radius 2 is 1.95 bits per heavy atom. The number of rotatable bonds is 3. The van der Waals surface area contributed by atoms with Gasteiger partial charge in [0.25, 0.3) is 0 Å². The van der Waals surface area contributed by atoms with Crippen molar-refractivity contribution < 1.29 is 21.3 Å². The first-order valence-electron chi connectivity index (χ1n) is 5.63. The number of carbonyl (C=O) groups is 1. The molecule has 1 aromatic rings. The highest BCUT2D eigenvalue weighted by molar-refractivity contribution is 7.81. The van der Waals surface area contributed by atoms with Gasteiger partial charge >= 0.3 is 16.5 Å². The third-order valence-corrected chi connectivity index (χ3v) is 3.04. The third kappa shape index (κ3) is 3.82. The van der Waals surface area contributed by atoms with Crippen LogP contribution in [0, 0.1) is 5.92 Å². The first kappa shape index (κ1) is 13.6. The lowest BCUT2D eigenvalue weighted by Gasteiger charge is -2.36. The number of nitrogens with zero attached hydrogens (tertiary/aromatic N) is 1. The van der Waals surface area contributed by atoms with Gasteiger partial charge in [0.15, 0.2) is 0 Å². The molecule has 1 fully saturated rings. The molecule has 0 radical (unpaired) electrons. The van der Waals surface area contributed by atoms with Gasteiger partial charge in [0.2, 0.25) is 0 Å². The van der Waals surface area contributed by atoms with E-state index in [0.29, 0.717) is 24.7 Å². The quantitative estimate of drug-likeness (QED) is 0.860. The van der Waals surface area contributed by atoms with Crippen molar-refractivity contribution >= 4 is 22.2 Å². The highest BCUT2D eigenvalue weighted by Crippen LogP contribution is 2.20. The minimum atomic E-state index is -5.02. The van der Waals surface area contributed by atoms with Crippen molar-refractivity contribution in [3.8, 4) is 5.75 Å². The molecule has 0 spiro atoms. The smallest absolute Gasteiger partial charge is 0.358 e. The molecule has 1 aromatic carbocycles. The molecule has 2 amide bonds. The fourth-order valence-corrected chi connectivity index (χ4v) is 2.12. The van der Waals surface area contributed by atoms with Crippen molar-refractivity contribution in [2.45, 2.75) is 6.92 Å². The Labute approximate surface area is 110 Å². The third-order valence-electron chi connectivity index (χ3n) is 2.65. The van der Waals surface area contributed by atoms with Crippen molar-refractivity contribution in [2.24, 2.45) is 5.92 Å². The summed E-state index contributed by atoms with van der Waals surface area (Å²) >= 11 is 0. The normalized spacial score (nSPS) is 15.8. The zero-order chi connectivity index (χ0) is 14.0. The zero-order valence-corrected chi connectivity index (χ0v) is 11.0. The number of nitrogens with one attached hydrogen (secondary N) is 1. The summed E-state index contributed by atoms with van der Waals surface area (Å²) in [6, 6.07) is 5.16. The van der Waals surface area contributed by atoms with Crippen LogP contribution in [0.15, 0.2) is 24.3 Å². The van der Waals surface area contributed by atoms with E-state index < -0.39 is 10.5 Å². The first-order valence-corrected chi connectivity index (χ1v) is 6.94. The molecule has 6 nitrogen and oxygen atoms in total. The molecule has 1 N–H and O–H groups in total. The van der Waals surface area contributed by atoms with Gasteiger partial charge in [-0.05, 0) is 30.2 Å². The topological polar surface area (TPSA) is 75.7 Å². The van der Waals surface area contributed by atoms with Gasteiger partial charge in [0.1, 0.15) is 5.75 Å². The molecule has 1 aliphatic heterocycles. The zero-order valence-electron chi connectivity index (χ0n) is 10.2. The predicted octanol–water partition coefficient (Wildman–Crippen LogP) is 1.76. The summed E-state index contributed by atoms with van der Waals surface area (Å²) in [5.74, 6) is 0.356. The molecular weight excluding hydrogens is 275 g/mol. The van der Waals surface area contributed by atoms with Gasteiger partial charge in [0, 0.05) is 18.8 Å². The molecule has 0 aliphatic carbocycles. The van der Waals surface area contributed by atoms with Gasteiger partial charge in [0.05, 0.1) is 0 Å². The first-order chi connectivity index (χ1) is 8.83. The maximum Gasteiger partial charge on any atom is 0.488 e. The maximum atomic E-state index is 12.3. The minimum absolute atomic E-state index is 0.155. The summed E-state index contributed by atoms with van der Waals surface area (Å²) in [5, 5.41) is 2.64. The molecule has 0 aromatic heterocycles. The summed E-state index contributed by atoms with van der Waals surface area (Å²) in [6.45, 7) is 3.48. The van der Waals surface area contributed by atoms with Gasteiger partial charge in [-0.1, -0.05) is 10.8 Å². The molecule has 0 bridgehead atoms. The summed E-state index contributed by atoms with van der Waals surface area (Å²) < 4.78 is 36.8. The van der Waals surface area contributed by atoms with Crippen LogP contribution in [0.2, 0.25) is 0 Å². The lowest BCUT2D eigenvalue weighted by atomic mass is 10.0. The molecule has 0 atom stereocenters. The predicted molar refractivity (Wildman–Crippen MR) is 66.9 cm³/mol. The SMILES string of the molecule is CC1CN(C(=O)Nc2ccc(OS(=O)(=O)F)cc2)C1. The lowest BCUT2D eigenvalue weighted by Crippen LogP contribution is -2.50. The summed E-state index contributed by atoms with van der Waals surface area (Å²) in [7, 11) is -5.02. The molecule has 104 valence electrons. The van der Waals surface area contributed by atoms with Gasteiger partial charge in [-0.25, -0.2) is 4.79 Å². The van der Waals surface area contributed by atoms with Crippen molar-refractivity contribution in [2.75, 3.05) is 18.4 Å². The van der Waals surface area contributed by atoms with Gasteiger partial charge in [-0.2, -0.15) is 8.42 Å². The van der Waals surface area contributed by atoms with Crippen LogP contribution in [0.3, 0.4) is 0 Å². The minimum Gasteiger partial charge on any atom is -0.358 e. The van der Waals surface area contributed by atoms with Crippen LogP contribution in [0.25, 0.3) is 0 Å². The number of anilines is 1. The Morgan fingerprint density at radius 1 is 1.37 bits per heavy atom. The number of halogens is 1. The molecule has 2 rings (SSSR count). The van der Waals surface area contributed by atoms with Crippen LogP contribution in [-0.4, -0.2) is 32.4 Å². The van der Waals surface area contributed by atoms with Crippen LogP contribution in [0.1, 0.15) is 6.92 Å². The van der Waals surface area contributed by atoms with Crippen LogP contribution in [0.4, 0.5) is 14.4 Å². The van der Waals surface area contributed by atoms with E-state index in [-0.39, 0.29) is 11.8 Å². The van der Waals surface area contributed by atoms with E-state index in [1.807, 2.05) is 6.92 Å². The van der Waals surface area contributed by atoms with E-state index in [4.69, 9.17) is 0 Å². The second-order valence-electron chi connectivity index (χ2n) is 4.44. The molecule has 8 heteroatoms. The lowest BCUT2D eigenvalue weighted by molar-refractivity contribution is 0.141. The number of amides is 2. The largest absolute Gasteiger partial charge is 0.488 e. The summed E-state index contributed by atoms with van der Waals surface area (Å²) in [4.78, 5) is 13.3. The van der Waals surface area contributed by atoms with E-state index in [9.17, 15) is 17.1 Å². The van der Waals surface area contributed by atoms with Crippen LogP contribution in [0.5, 0.6) is 5.75 Å². The average molecular weight is 288 g/mol. The Bertz CT molecular complexity index is 567.